The van der Waals surface area contributed by atoms with Gasteiger partial charge in [-0.1, -0.05) is 18.5 Å². The first-order chi connectivity index (χ1) is 9.78. The van der Waals surface area contributed by atoms with Crippen molar-refractivity contribution in [1.29, 1.82) is 0 Å². The third kappa shape index (κ3) is 5.12. The maximum Gasteiger partial charge on any atom is 0.119 e. The monoisotopic (exact) mass is 310 g/mol. The lowest BCUT2D eigenvalue weighted by Gasteiger charge is -2.18. The minimum atomic E-state index is 0.275. The van der Waals surface area contributed by atoms with Gasteiger partial charge in [0, 0.05) is 29.1 Å². The number of halogens is 1. The van der Waals surface area contributed by atoms with Gasteiger partial charge >= 0.3 is 0 Å². The Kier molecular flexibility index (Phi) is 6.30. The Labute approximate surface area is 129 Å². The van der Waals surface area contributed by atoms with E-state index < -0.39 is 0 Å². The number of hydrogen-bond acceptors (Lipinski definition) is 4. The molecule has 2 aromatic rings. The van der Waals surface area contributed by atoms with Gasteiger partial charge in [-0.15, -0.1) is 11.3 Å². The average Bonchev–Trinajstić information content (AvgIpc) is 2.96. The van der Waals surface area contributed by atoms with Crippen molar-refractivity contribution in [2.45, 2.75) is 25.8 Å². The summed E-state index contributed by atoms with van der Waals surface area (Å²) < 4.78 is 5.82. The fourth-order valence-corrected chi connectivity index (χ4v) is 2.65. The molecule has 1 aromatic carbocycles. The predicted octanol–water partition coefficient (Wildman–Crippen LogP) is 3.79. The van der Waals surface area contributed by atoms with E-state index in [0.717, 1.165) is 35.2 Å². The van der Waals surface area contributed by atoms with Crippen molar-refractivity contribution >= 4 is 22.9 Å². The van der Waals surface area contributed by atoms with Crippen LogP contribution in [0.2, 0.25) is 5.02 Å². The molecular weight excluding hydrogens is 292 g/mol. The van der Waals surface area contributed by atoms with Crippen molar-refractivity contribution in [3.05, 3.63) is 45.9 Å². The van der Waals surface area contributed by atoms with Crippen LogP contribution in [0.15, 0.2) is 35.8 Å². The third-order valence-electron chi connectivity index (χ3n) is 2.85. The number of nitrogens with zero attached hydrogens (tertiary/aromatic N) is 1. The number of thiazole rings is 1. The van der Waals surface area contributed by atoms with Crippen LogP contribution in [0.1, 0.15) is 18.4 Å². The van der Waals surface area contributed by atoms with E-state index >= 15 is 0 Å². The van der Waals surface area contributed by atoms with E-state index in [9.17, 15) is 0 Å². The van der Waals surface area contributed by atoms with Crippen molar-refractivity contribution < 1.29 is 4.74 Å². The van der Waals surface area contributed by atoms with E-state index in [1.54, 1.807) is 11.3 Å². The van der Waals surface area contributed by atoms with E-state index in [2.05, 4.69) is 17.2 Å². The highest BCUT2D eigenvalue weighted by Crippen LogP contribution is 2.16. The van der Waals surface area contributed by atoms with Gasteiger partial charge in [0.15, 0.2) is 0 Å². The van der Waals surface area contributed by atoms with Crippen molar-refractivity contribution in [2.24, 2.45) is 0 Å². The molecule has 5 heteroatoms. The summed E-state index contributed by atoms with van der Waals surface area (Å²) in [6.45, 7) is 3.77. The summed E-state index contributed by atoms with van der Waals surface area (Å²) >= 11 is 7.55. The number of aromatic nitrogens is 1. The van der Waals surface area contributed by atoms with Gasteiger partial charge in [0.25, 0.3) is 0 Å². The van der Waals surface area contributed by atoms with Gasteiger partial charge in [-0.05, 0) is 37.2 Å². The fourth-order valence-electron chi connectivity index (χ4n) is 1.83. The highest BCUT2D eigenvalue weighted by atomic mass is 35.5. The Morgan fingerprint density at radius 3 is 2.80 bits per heavy atom. The number of hydrogen-bond donors (Lipinski definition) is 1. The molecule has 1 atom stereocenters. The third-order valence-corrected chi connectivity index (χ3v) is 3.91. The molecule has 0 bridgehead atoms. The smallest absolute Gasteiger partial charge is 0.119 e. The fraction of sp³-hybridized carbons (Fsp3) is 0.400. The zero-order valence-electron chi connectivity index (χ0n) is 11.5. The Bertz CT molecular complexity index is 487. The summed E-state index contributed by atoms with van der Waals surface area (Å²) in [5, 5.41) is 7.37. The number of nitrogens with one attached hydrogen (secondary N) is 1. The van der Waals surface area contributed by atoms with E-state index in [-0.39, 0.29) is 6.04 Å². The maximum atomic E-state index is 5.86. The van der Waals surface area contributed by atoms with Crippen LogP contribution in [-0.4, -0.2) is 24.2 Å². The summed E-state index contributed by atoms with van der Waals surface area (Å²) in [7, 11) is 0. The normalized spacial score (nSPS) is 12.3. The standard InChI is InChI=1S/C15H19ClN2OS/c1-2-7-17-13(10-15-18-8-9-20-15)11-19-14-5-3-12(16)4-6-14/h3-6,8-9,13,17H,2,7,10-11H2,1H3. The first kappa shape index (κ1) is 15.3. The summed E-state index contributed by atoms with van der Waals surface area (Å²) in [6.07, 6.45) is 3.84. The quantitative estimate of drug-likeness (QED) is 0.805. The molecule has 0 aliphatic carbocycles. The summed E-state index contributed by atoms with van der Waals surface area (Å²) in [5.41, 5.74) is 0. The molecule has 0 aliphatic rings. The topological polar surface area (TPSA) is 34.1 Å². The lowest BCUT2D eigenvalue weighted by atomic mass is 10.2. The minimum absolute atomic E-state index is 0.275. The van der Waals surface area contributed by atoms with Gasteiger partial charge in [0.2, 0.25) is 0 Å². The predicted molar refractivity (Wildman–Crippen MR) is 84.8 cm³/mol. The summed E-state index contributed by atoms with van der Waals surface area (Å²) in [6, 6.07) is 7.74. The maximum absolute atomic E-state index is 5.86. The SMILES string of the molecule is CCCNC(COc1ccc(Cl)cc1)Cc1nccs1. The second-order valence-corrected chi connectivity index (χ2v) is 5.96. The van der Waals surface area contributed by atoms with Crippen LogP contribution in [0.5, 0.6) is 5.75 Å². The molecular formula is C15H19ClN2OS. The second kappa shape index (κ2) is 8.25. The van der Waals surface area contributed by atoms with Gasteiger partial charge in [-0.25, -0.2) is 4.98 Å². The van der Waals surface area contributed by atoms with Crippen molar-refractivity contribution in [3.8, 4) is 5.75 Å². The van der Waals surface area contributed by atoms with Crippen LogP contribution >= 0.6 is 22.9 Å². The van der Waals surface area contributed by atoms with Gasteiger partial charge in [-0.3, -0.25) is 0 Å². The van der Waals surface area contributed by atoms with E-state index in [1.807, 2.05) is 35.8 Å². The van der Waals surface area contributed by atoms with Crippen LogP contribution in [-0.2, 0) is 6.42 Å². The highest BCUT2D eigenvalue weighted by Gasteiger charge is 2.11. The molecule has 1 heterocycles. The van der Waals surface area contributed by atoms with Crippen LogP contribution < -0.4 is 10.1 Å². The average molecular weight is 311 g/mol. The van der Waals surface area contributed by atoms with Crippen LogP contribution in [0, 0.1) is 0 Å². The van der Waals surface area contributed by atoms with Crippen molar-refractivity contribution in [1.82, 2.24) is 10.3 Å². The lowest BCUT2D eigenvalue weighted by Crippen LogP contribution is -2.37. The molecule has 2 rings (SSSR count). The van der Waals surface area contributed by atoms with Gasteiger partial charge in [0.05, 0.1) is 5.01 Å². The zero-order chi connectivity index (χ0) is 14.2. The molecule has 20 heavy (non-hydrogen) atoms. The lowest BCUT2D eigenvalue weighted by molar-refractivity contribution is 0.263. The van der Waals surface area contributed by atoms with Gasteiger partial charge in [-0.2, -0.15) is 0 Å². The molecule has 0 aliphatic heterocycles. The zero-order valence-corrected chi connectivity index (χ0v) is 13.1. The Balaban J connectivity index is 1.87. The van der Waals surface area contributed by atoms with Crippen molar-refractivity contribution in [3.63, 3.8) is 0 Å². The molecule has 0 radical (unpaired) electrons. The van der Waals surface area contributed by atoms with Gasteiger partial charge < -0.3 is 10.1 Å². The molecule has 0 saturated carbocycles. The first-order valence-electron chi connectivity index (χ1n) is 6.78. The largest absolute Gasteiger partial charge is 0.492 e. The Morgan fingerprint density at radius 2 is 2.15 bits per heavy atom. The molecule has 0 saturated heterocycles. The van der Waals surface area contributed by atoms with E-state index in [4.69, 9.17) is 16.3 Å². The highest BCUT2D eigenvalue weighted by molar-refractivity contribution is 7.09. The molecule has 108 valence electrons. The molecule has 0 fully saturated rings. The molecule has 1 aromatic heterocycles. The Hall–Kier alpha value is -1.10. The Morgan fingerprint density at radius 1 is 1.35 bits per heavy atom. The van der Waals surface area contributed by atoms with Crippen LogP contribution in [0.25, 0.3) is 0 Å². The molecule has 1 N–H and O–H groups in total. The van der Waals surface area contributed by atoms with Crippen LogP contribution in [0.4, 0.5) is 0 Å². The number of benzene rings is 1. The summed E-state index contributed by atoms with van der Waals surface area (Å²) in [5.74, 6) is 0.844. The minimum Gasteiger partial charge on any atom is -0.492 e. The number of ether oxygens (including phenoxy) is 1. The molecule has 0 amide bonds. The molecule has 1 unspecified atom stereocenters. The summed E-state index contributed by atoms with van der Waals surface area (Å²) in [4.78, 5) is 4.34. The van der Waals surface area contributed by atoms with Gasteiger partial charge in [0.1, 0.15) is 12.4 Å². The second-order valence-electron chi connectivity index (χ2n) is 4.55. The van der Waals surface area contributed by atoms with E-state index in [1.165, 1.54) is 0 Å². The van der Waals surface area contributed by atoms with Crippen LogP contribution in [0.3, 0.4) is 0 Å². The number of rotatable bonds is 8. The first-order valence-corrected chi connectivity index (χ1v) is 8.04. The molecule has 0 spiro atoms. The van der Waals surface area contributed by atoms with Crippen molar-refractivity contribution in [2.75, 3.05) is 13.2 Å². The van der Waals surface area contributed by atoms with E-state index in [0.29, 0.717) is 6.61 Å². The molecule has 3 nitrogen and oxygen atoms in total.